The average molecular weight is 264 g/mol. The Morgan fingerprint density at radius 3 is 3.06 bits per heavy atom. The Morgan fingerprint density at radius 2 is 2.29 bits per heavy atom. The molecule has 88 valence electrons. The van der Waals surface area contributed by atoms with E-state index in [1.54, 1.807) is 22.7 Å². The lowest BCUT2D eigenvalue weighted by atomic mass is 10.1. The Labute approximate surface area is 107 Å². The topological polar surface area (TPSA) is 37.5 Å². The van der Waals surface area contributed by atoms with E-state index in [1.807, 2.05) is 27.6 Å². The number of hydrogen-bond donors (Lipinski definition) is 1. The third-order valence-corrected chi connectivity index (χ3v) is 4.14. The number of thiazole rings is 1. The van der Waals surface area contributed by atoms with Gasteiger partial charge in [0.25, 0.3) is 0 Å². The maximum absolute atomic E-state index is 10.00. The highest BCUT2D eigenvalue weighted by Gasteiger charge is 2.10. The molecule has 1 atom stereocenters. The van der Waals surface area contributed by atoms with Gasteiger partial charge in [-0.1, -0.05) is 0 Å². The Balaban J connectivity index is 1.68. The van der Waals surface area contributed by atoms with Crippen LogP contribution in [0.5, 0.6) is 0 Å². The largest absolute Gasteiger partial charge is 0.392 e. The molecule has 0 aromatic carbocycles. The number of aliphatic hydroxyl groups is 1. The van der Waals surface area contributed by atoms with Gasteiger partial charge in [0.1, 0.15) is 0 Å². The van der Waals surface area contributed by atoms with Crippen LogP contribution in [0.25, 0.3) is 4.96 Å². The number of imidazole rings is 1. The molecule has 1 unspecified atom stereocenters. The normalized spacial score (nSPS) is 13.2. The molecule has 3 heterocycles. The molecular formula is C12H12N2OS2. The van der Waals surface area contributed by atoms with Gasteiger partial charge in [-0.25, -0.2) is 4.98 Å². The van der Waals surface area contributed by atoms with Crippen molar-refractivity contribution >= 4 is 27.6 Å². The maximum Gasteiger partial charge on any atom is 0.193 e. The van der Waals surface area contributed by atoms with E-state index in [9.17, 15) is 5.11 Å². The summed E-state index contributed by atoms with van der Waals surface area (Å²) < 4.78 is 2.00. The van der Waals surface area contributed by atoms with E-state index in [0.29, 0.717) is 12.8 Å². The monoisotopic (exact) mass is 264 g/mol. The summed E-state index contributed by atoms with van der Waals surface area (Å²) >= 11 is 3.28. The fraction of sp³-hybridized carbons (Fsp3) is 0.250. The van der Waals surface area contributed by atoms with E-state index < -0.39 is 0 Å². The van der Waals surface area contributed by atoms with Gasteiger partial charge in [0.2, 0.25) is 0 Å². The molecule has 3 aromatic rings. The van der Waals surface area contributed by atoms with Crippen molar-refractivity contribution in [3.8, 4) is 0 Å². The lowest BCUT2D eigenvalue weighted by Crippen LogP contribution is -2.13. The van der Waals surface area contributed by atoms with Crippen molar-refractivity contribution in [3.05, 3.63) is 45.9 Å². The highest BCUT2D eigenvalue weighted by atomic mass is 32.1. The zero-order chi connectivity index (χ0) is 11.7. The van der Waals surface area contributed by atoms with Crippen LogP contribution in [-0.4, -0.2) is 20.6 Å². The number of rotatable bonds is 4. The molecule has 17 heavy (non-hydrogen) atoms. The molecule has 0 amide bonds. The summed E-state index contributed by atoms with van der Waals surface area (Å²) in [6.45, 7) is 0. The maximum atomic E-state index is 10.00. The molecule has 3 nitrogen and oxygen atoms in total. The molecule has 0 fully saturated rings. The van der Waals surface area contributed by atoms with E-state index in [-0.39, 0.29) is 6.10 Å². The van der Waals surface area contributed by atoms with Crippen LogP contribution < -0.4 is 0 Å². The van der Waals surface area contributed by atoms with E-state index in [1.165, 1.54) is 5.56 Å². The summed E-state index contributed by atoms with van der Waals surface area (Å²) in [7, 11) is 0. The highest BCUT2D eigenvalue weighted by molar-refractivity contribution is 7.15. The molecule has 0 bridgehead atoms. The Morgan fingerprint density at radius 1 is 1.35 bits per heavy atom. The third kappa shape index (κ3) is 2.41. The van der Waals surface area contributed by atoms with E-state index in [2.05, 4.69) is 16.4 Å². The first kappa shape index (κ1) is 11.0. The summed E-state index contributed by atoms with van der Waals surface area (Å²) in [5, 5.41) is 16.1. The number of thiophene rings is 1. The minimum absolute atomic E-state index is 0.353. The summed E-state index contributed by atoms with van der Waals surface area (Å²) in [4.78, 5) is 5.45. The summed E-state index contributed by atoms with van der Waals surface area (Å²) in [6.07, 6.45) is 4.94. The van der Waals surface area contributed by atoms with Gasteiger partial charge in [0.15, 0.2) is 4.96 Å². The van der Waals surface area contributed by atoms with E-state index >= 15 is 0 Å². The first-order chi connectivity index (χ1) is 8.31. The fourth-order valence-corrected chi connectivity index (χ4v) is 3.27. The Bertz CT molecular complexity index is 568. The molecule has 0 saturated heterocycles. The van der Waals surface area contributed by atoms with E-state index in [0.717, 1.165) is 10.7 Å². The van der Waals surface area contributed by atoms with Gasteiger partial charge in [-0.2, -0.15) is 11.3 Å². The van der Waals surface area contributed by atoms with Crippen LogP contribution in [0.15, 0.2) is 34.6 Å². The van der Waals surface area contributed by atoms with Gasteiger partial charge in [-0.15, -0.1) is 11.3 Å². The molecular weight excluding hydrogens is 252 g/mol. The zero-order valence-electron chi connectivity index (χ0n) is 9.11. The SMILES string of the molecule is OC(Cc1ccsc1)Cc1cn2ccsc2n1. The van der Waals surface area contributed by atoms with Crippen LogP contribution in [0, 0.1) is 0 Å². The van der Waals surface area contributed by atoms with Crippen molar-refractivity contribution in [1.29, 1.82) is 0 Å². The standard InChI is InChI=1S/C12H12N2OS2/c15-11(5-9-1-3-16-8-9)6-10-7-14-2-4-17-12(14)13-10/h1-4,7-8,11,15H,5-6H2. The molecule has 0 aliphatic rings. The van der Waals surface area contributed by atoms with Crippen LogP contribution in [0.4, 0.5) is 0 Å². The van der Waals surface area contributed by atoms with Crippen LogP contribution in [0.2, 0.25) is 0 Å². The van der Waals surface area contributed by atoms with Crippen LogP contribution in [-0.2, 0) is 12.8 Å². The summed E-state index contributed by atoms with van der Waals surface area (Å²) in [5.74, 6) is 0. The molecule has 0 radical (unpaired) electrons. The second kappa shape index (κ2) is 4.60. The molecule has 0 aliphatic carbocycles. The predicted molar refractivity (Wildman–Crippen MR) is 70.8 cm³/mol. The van der Waals surface area contributed by atoms with Gasteiger partial charge < -0.3 is 5.11 Å². The third-order valence-electron chi connectivity index (χ3n) is 2.64. The van der Waals surface area contributed by atoms with Gasteiger partial charge in [0, 0.05) is 24.2 Å². The van der Waals surface area contributed by atoms with Crippen LogP contribution in [0.3, 0.4) is 0 Å². The lowest BCUT2D eigenvalue weighted by Gasteiger charge is -2.06. The van der Waals surface area contributed by atoms with Crippen molar-refractivity contribution in [3.63, 3.8) is 0 Å². The summed E-state index contributed by atoms with van der Waals surface area (Å²) in [5.41, 5.74) is 2.16. The molecule has 0 saturated carbocycles. The van der Waals surface area contributed by atoms with Crippen molar-refractivity contribution < 1.29 is 5.11 Å². The molecule has 5 heteroatoms. The zero-order valence-corrected chi connectivity index (χ0v) is 10.7. The fourth-order valence-electron chi connectivity index (χ4n) is 1.87. The van der Waals surface area contributed by atoms with Gasteiger partial charge in [-0.3, -0.25) is 4.40 Å². The second-order valence-corrected chi connectivity index (χ2v) is 5.67. The average Bonchev–Trinajstić information content (AvgIpc) is 2.92. The quantitative estimate of drug-likeness (QED) is 0.786. The Kier molecular flexibility index (Phi) is 2.96. The van der Waals surface area contributed by atoms with Crippen LogP contribution >= 0.6 is 22.7 Å². The smallest absolute Gasteiger partial charge is 0.193 e. The molecule has 0 aliphatic heterocycles. The number of hydrogen-bond acceptors (Lipinski definition) is 4. The van der Waals surface area contributed by atoms with Crippen molar-refractivity contribution in [2.45, 2.75) is 18.9 Å². The van der Waals surface area contributed by atoms with Gasteiger partial charge in [0.05, 0.1) is 11.8 Å². The van der Waals surface area contributed by atoms with Gasteiger partial charge >= 0.3 is 0 Å². The Hall–Kier alpha value is -1.17. The highest BCUT2D eigenvalue weighted by Crippen LogP contribution is 2.15. The van der Waals surface area contributed by atoms with E-state index in [4.69, 9.17) is 0 Å². The van der Waals surface area contributed by atoms with Crippen molar-refractivity contribution in [1.82, 2.24) is 9.38 Å². The number of nitrogens with zero attached hydrogens (tertiary/aromatic N) is 2. The molecule has 3 rings (SSSR count). The van der Waals surface area contributed by atoms with Crippen LogP contribution in [0.1, 0.15) is 11.3 Å². The first-order valence-electron chi connectivity index (χ1n) is 5.41. The van der Waals surface area contributed by atoms with Crippen molar-refractivity contribution in [2.75, 3.05) is 0 Å². The minimum Gasteiger partial charge on any atom is -0.392 e. The minimum atomic E-state index is -0.353. The molecule has 1 N–H and O–H groups in total. The predicted octanol–water partition coefficient (Wildman–Crippen LogP) is 2.60. The summed E-state index contributed by atoms with van der Waals surface area (Å²) in [6, 6.07) is 2.06. The molecule has 0 spiro atoms. The molecule has 3 aromatic heterocycles. The van der Waals surface area contributed by atoms with Crippen molar-refractivity contribution in [2.24, 2.45) is 0 Å². The first-order valence-corrected chi connectivity index (χ1v) is 7.24. The number of aromatic nitrogens is 2. The lowest BCUT2D eigenvalue weighted by molar-refractivity contribution is 0.174. The van der Waals surface area contributed by atoms with Gasteiger partial charge in [-0.05, 0) is 28.8 Å². The number of aliphatic hydroxyl groups excluding tert-OH is 1. The number of fused-ring (bicyclic) bond motifs is 1. The second-order valence-electron chi connectivity index (χ2n) is 4.02.